The Morgan fingerprint density at radius 1 is 1.22 bits per heavy atom. The zero-order chi connectivity index (χ0) is 16.9. The molecule has 0 aliphatic heterocycles. The molecule has 1 fully saturated rings. The van der Waals surface area contributed by atoms with Crippen LogP contribution in [0.25, 0.3) is 0 Å². The van der Waals surface area contributed by atoms with Crippen LogP contribution >= 0.6 is 0 Å². The van der Waals surface area contributed by atoms with E-state index in [1.54, 1.807) is 0 Å². The van der Waals surface area contributed by atoms with Crippen LogP contribution in [0.5, 0.6) is 5.75 Å². The Morgan fingerprint density at radius 3 is 2.52 bits per heavy atom. The van der Waals surface area contributed by atoms with Crippen molar-refractivity contribution in [3.63, 3.8) is 0 Å². The highest BCUT2D eigenvalue weighted by Gasteiger charge is 2.38. The predicted octanol–water partition coefficient (Wildman–Crippen LogP) is 3.23. The lowest BCUT2D eigenvalue weighted by molar-refractivity contribution is 0.0522. The molecule has 0 aromatic heterocycles. The van der Waals surface area contributed by atoms with E-state index >= 15 is 0 Å². The summed E-state index contributed by atoms with van der Waals surface area (Å²) in [5, 5.41) is 6.33. The largest absolute Gasteiger partial charge is 0.494 e. The van der Waals surface area contributed by atoms with E-state index in [-0.39, 0.29) is 12.1 Å². The zero-order valence-electron chi connectivity index (χ0n) is 14.5. The van der Waals surface area contributed by atoms with E-state index in [2.05, 4.69) is 29.7 Å². The van der Waals surface area contributed by atoms with Gasteiger partial charge >= 0.3 is 6.09 Å². The molecule has 1 aliphatic rings. The molecule has 0 spiro atoms. The Labute approximate surface area is 138 Å². The molecule has 1 aromatic rings. The number of rotatable bonds is 7. The number of benzene rings is 1. The van der Waals surface area contributed by atoms with E-state index in [4.69, 9.17) is 9.47 Å². The number of carbonyl (C=O) groups excluding carboxylic acids is 1. The van der Waals surface area contributed by atoms with Crippen LogP contribution in [0, 0.1) is 0 Å². The molecule has 2 atom stereocenters. The summed E-state index contributed by atoms with van der Waals surface area (Å²) in [6, 6.07) is 8.61. The topological polar surface area (TPSA) is 59.6 Å². The number of alkyl carbamates (subject to hydrolysis) is 1. The number of carbonyl (C=O) groups is 1. The number of amides is 1. The quantitative estimate of drug-likeness (QED) is 0.810. The fourth-order valence-corrected chi connectivity index (χ4v) is 2.21. The third kappa shape index (κ3) is 6.48. The number of hydrogen-bond acceptors (Lipinski definition) is 4. The van der Waals surface area contributed by atoms with Crippen LogP contribution in [0.3, 0.4) is 0 Å². The molecule has 0 bridgehead atoms. The Hall–Kier alpha value is -1.75. The van der Waals surface area contributed by atoms with Crippen LogP contribution in [-0.2, 0) is 11.3 Å². The van der Waals surface area contributed by atoms with Gasteiger partial charge in [0.2, 0.25) is 0 Å². The van der Waals surface area contributed by atoms with Gasteiger partial charge < -0.3 is 20.1 Å². The van der Waals surface area contributed by atoms with Crippen molar-refractivity contribution in [2.45, 2.75) is 64.8 Å². The van der Waals surface area contributed by atoms with Gasteiger partial charge in [-0.3, -0.25) is 0 Å². The van der Waals surface area contributed by atoms with Crippen molar-refractivity contribution in [1.29, 1.82) is 0 Å². The molecule has 0 radical (unpaired) electrons. The van der Waals surface area contributed by atoms with Crippen molar-refractivity contribution < 1.29 is 14.3 Å². The van der Waals surface area contributed by atoms with Crippen LogP contribution in [0.15, 0.2) is 24.3 Å². The Morgan fingerprint density at radius 2 is 1.91 bits per heavy atom. The van der Waals surface area contributed by atoms with Crippen LogP contribution in [0.2, 0.25) is 0 Å². The van der Waals surface area contributed by atoms with Gasteiger partial charge in [-0.1, -0.05) is 19.1 Å². The number of ether oxygens (including phenoxy) is 2. The first-order valence-corrected chi connectivity index (χ1v) is 8.32. The van der Waals surface area contributed by atoms with Crippen molar-refractivity contribution in [2.24, 2.45) is 0 Å². The van der Waals surface area contributed by atoms with Gasteiger partial charge in [-0.2, -0.15) is 0 Å². The Balaban J connectivity index is 1.67. The van der Waals surface area contributed by atoms with Crippen molar-refractivity contribution in [3.8, 4) is 5.75 Å². The van der Waals surface area contributed by atoms with E-state index in [1.165, 1.54) is 5.56 Å². The molecule has 0 saturated heterocycles. The molecule has 1 aliphatic carbocycles. The van der Waals surface area contributed by atoms with Crippen LogP contribution < -0.4 is 15.4 Å². The summed E-state index contributed by atoms with van der Waals surface area (Å²) in [5.74, 6) is 0.909. The van der Waals surface area contributed by atoms with Gasteiger partial charge in [0, 0.05) is 18.6 Å². The zero-order valence-corrected chi connectivity index (χ0v) is 14.5. The molecule has 2 unspecified atom stereocenters. The highest BCUT2D eigenvalue weighted by atomic mass is 16.6. The SMILES string of the molecule is CCCOc1ccc(CNC2CC2NC(=O)OC(C)(C)C)cc1. The van der Waals surface area contributed by atoms with E-state index in [1.807, 2.05) is 32.9 Å². The fraction of sp³-hybridized carbons (Fsp3) is 0.611. The monoisotopic (exact) mass is 320 g/mol. The van der Waals surface area contributed by atoms with Crippen molar-refractivity contribution >= 4 is 6.09 Å². The summed E-state index contributed by atoms with van der Waals surface area (Å²) in [6.45, 7) is 9.22. The summed E-state index contributed by atoms with van der Waals surface area (Å²) in [4.78, 5) is 11.7. The lowest BCUT2D eigenvalue weighted by atomic mass is 10.2. The molecule has 128 valence electrons. The number of nitrogens with one attached hydrogen (secondary N) is 2. The highest BCUT2D eigenvalue weighted by molar-refractivity contribution is 5.68. The van der Waals surface area contributed by atoms with Crippen LogP contribution in [-0.4, -0.2) is 30.4 Å². The normalized spacial score (nSPS) is 20.0. The Bertz CT molecular complexity index is 508. The maximum atomic E-state index is 11.7. The van der Waals surface area contributed by atoms with Gasteiger partial charge in [0.15, 0.2) is 0 Å². The molecular weight excluding hydrogens is 292 g/mol. The molecular formula is C18H28N2O3. The molecule has 5 heteroatoms. The summed E-state index contributed by atoms with van der Waals surface area (Å²) < 4.78 is 10.8. The first-order chi connectivity index (χ1) is 10.9. The average molecular weight is 320 g/mol. The summed E-state index contributed by atoms with van der Waals surface area (Å²) in [7, 11) is 0. The smallest absolute Gasteiger partial charge is 0.407 e. The second kappa shape index (κ2) is 7.68. The summed E-state index contributed by atoms with van der Waals surface area (Å²) >= 11 is 0. The van der Waals surface area contributed by atoms with Crippen molar-refractivity contribution in [2.75, 3.05) is 6.61 Å². The Kier molecular flexibility index (Phi) is 5.88. The lowest BCUT2D eigenvalue weighted by Gasteiger charge is -2.19. The minimum absolute atomic E-state index is 0.164. The first-order valence-electron chi connectivity index (χ1n) is 8.32. The van der Waals surface area contributed by atoms with Gasteiger partial charge in [0.1, 0.15) is 11.4 Å². The summed E-state index contributed by atoms with van der Waals surface area (Å²) in [6.07, 6.45) is 1.61. The third-order valence-electron chi connectivity index (χ3n) is 3.46. The standard InChI is InChI=1S/C18H28N2O3/c1-5-10-22-14-8-6-13(7-9-14)12-19-15-11-16(15)20-17(21)23-18(2,3)4/h6-9,15-16,19H,5,10-12H2,1-4H3,(H,20,21). The van der Waals surface area contributed by atoms with Gasteiger partial charge in [-0.05, 0) is 51.3 Å². The number of hydrogen-bond donors (Lipinski definition) is 2. The molecule has 0 heterocycles. The van der Waals surface area contributed by atoms with E-state index in [0.29, 0.717) is 6.04 Å². The molecule has 1 saturated carbocycles. The molecule has 5 nitrogen and oxygen atoms in total. The molecule has 23 heavy (non-hydrogen) atoms. The molecule has 1 amide bonds. The van der Waals surface area contributed by atoms with E-state index in [0.717, 1.165) is 31.7 Å². The maximum absolute atomic E-state index is 11.7. The lowest BCUT2D eigenvalue weighted by Crippen LogP contribution is -2.36. The van der Waals surface area contributed by atoms with Crippen LogP contribution in [0.1, 0.15) is 46.1 Å². The van der Waals surface area contributed by atoms with Gasteiger partial charge in [0.25, 0.3) is 0 Å². The fourth-order valence-electron chi connectivity index (χ4n) is 2.21. The van der Waals surface area contributed by atoms with E-state index in [9.17, 15) is 4.79 Å². The molecule has 2 N–H and O–H groups in total. The predicted molar refractivity (Wildman–Crippen MR) is 90.6 cm³/mol. The molecule has 1 aromatic carbocycles. The van der Waals surface area contributed by atoms with E-state index < -0.39 is 5.60 Å². The first kappa shape index (κ1) is 17.6. The average Bonchev–Trinajstić information content (AvgIpc) is 3.20. The van der Waals surface area contributed by atoms with Gasteiger partial charge in [0.05, 0.1) is 6.61 Å². The third-order valence-corrected chi connectivity index (χ3v) is 3.46. The van der Waals surface area contributed by atoms with Gasteiger partial charge in [-0.15, -0.1) is 0 Å². The van der Waals surface area contributed by atoms with Crippen molar-refractivity contribution in [1.82, 2.24) is 10.6 Å². The van der Waals surface area contributed by atoms with Crippen LogP contribution in [0.4, 0.5) is 4.79 Å². The second-order valence-corrected chi connectivity index (χ2v) is 6.97. The van der Waals surface area contributed by atoms with Crippen molar-refractivity contribution in [3.05, 3.63) is 29.8 Å². The summed E-state index contributed by atoms with van der Waals surface area (Å²) in [5.41, 5.74) is 0.750. The van der Waals surface area contributed by atoms with Gasteiger partial charge in [-0.25, -0.2) is 4.79 Å². The minimum atomic E-state index is -0.455. The highest BCUT2D eigenvalue weighted by Crippen LogP contribution is 2.22. The second-order valence-electron chi connectivity index (χ2n) is 6.97. The minimum Gasteiger partial charge on any atom is -0.494 e. The molecule has 2 rings (SSSR count). The maximum Gasteiger partial charge on any atom is 0.407 e.